The van der Waals surface area contributed by atoms with E-state index in [1.54, 1.807) is 45.9 Å². The van der Waals surface area contributed by atoms with Crippen molar-refractivity contribution in [3.63, 3.8) is 0 Å². The van der Waals surface area contributed by atoms with Crippen LogP contribution in [-0.4, -0.2) is 16.7 Å². The van der Waals surface area contributed by atoms with Crippen LogP contribution in [-0.2, 0) is 16.0 Å². The fraction of sp³-hybridized carbons (Fsp3) is 0.462. The van der Waals surface area contributed by atoms with E-state index in [0.717, 1.165) is 0 Å². The first-order chi connectivity index (χ1) is 7.64. The average molecular weight is 238 g/mol. The van der Waals surface area contributed by atoms with E-state index in [1.807, 2.05) is 0 Å². The lowest BCUT2D eigenvalue weighted by Crippen LogP contribution is -2.20. The number of carbonyl (C=O) groups excluding carboxylic acids is 1. The molecule has 0 saturated carbocycles. The summed E-state index contributed by atoms with van der Waals surface area (Å²) in [6.07, 6.45) is 0. The van der Waals surface area contributed by atoms with Gasteiger partial charge < -0.3 is 14.9 Å². The Kier molecular flexibility index (Phi) is 3.59. The molecule has 0 atom stereocenters. The lowest BCUT2D eigenvalue weighted by molar-refractivity contribution is -0.120. The van der Waals surface area contributed by atoms with Crippen LogP contribution in [0.3, 0.4) is 0 Å². The summed E-state index contributed by atoms with van der Waals surface area (Å²) in [5.41, 5.74) is -0.979. The molecule has 0 saturated heterocycles. The Hall–Kier alpha value is -1.39. The highest BCUT2D eigenvalue weighted by Crippen LogP contribution is 2.30. The first-order valence-corrected chi connectivity index (χ1v) is 5.35. The van der Waals surface area contributed by atoms with Crippen molar-refractivity contribution in [1.29, 1.82) is 0 Å². The highest BCUT2D eigenvalue weighted by atomic mass is 16.5. The third kappa shape index (κ3) is 3.54. The van der Waals surface area contributed by atoms with Crippen LogP contribution in [0.4, 0.5) is 0 Å². The van der Waals surface area contributed by atoms with Gasteiger partial charge in [-0.05, 0) is 57.0 Å². The van der Waals surface area contributed by atoms with Crippen molar-refractivity contribution >= 4 is 6.47 Å². The van der Waals surface area contributed by atoms with Gasteiger partial charge in [-0.1, -0.05) is 0 Å². The van der Waals surface area contributed by atoms with Gasteiger partial charge in [0, 0.05) is 0 Å². The Bertz CT molecular complexity index is 378. The van der Waals surface area contributed by atoms with Crippen molar-refractivity contribution in [2.45, 2.75) is 38.9 Å². The van der Waals surface area contributed by atoms with Crippen molar-refractivity contribution in [3.8, 4) is 5.75 Å². The van der Waals surface area contributed by atoms with Gasteiger partial charge >= 0.3 is 0 Å². The Morgan fingerprint density at radius 1 is 1.00 bits per heavy atom. The number of benzene rings is 1. The second-order valence-electron chi connectivity index (χ2n) is 5.08. The van der Waals surface area contributed by atoms with E-state index in [0.29, 0.717) is 23.3 Å². The molecular weight excluding hydrogens is 220 g/mol. The van der Waals surface area contributed by atoms with Crippen molar-refractivity contribution in [2.24, 2.45) is 0 Å². The van der Waals surface area contributed by atoms with E-state index in [-0.39, 0.29) is 0 Å². The van der Waals surface area contributed by atoms with Gasteiger partial charge in [0.1, 0.15) is 5.75 Å². The van der Waals surface area contributed by atoms with Crippen LogP contribution in [0.25, 0.3) is 0 Å². The third-order valence-electron chi connectivity index (χ3n) is 2.50. The number of hydrogen-bond donors (Lipinski definition) is 2. The molecule has 0 aromatic heterocycles. The SMILES string of the molecule is CC(C)(O)c1cc(OC=O)cc(C(C)(C)O)c1. The van der Waals surface area contributed by atoms with Gasteiger partial charge in [-0.3, -0.25) is 4.79 Å². The minimum atomic E-state index is -1.07. The Balaban J connectivity index is 3.34. The quantitative estimate of drug-likeness (QED) is 0.783. The summed E-state index contributed by atoms with van der Waals surface area (Å²) in [5.74, 6) is 0.303. The van der Waals surface area contributed by atoms with E-state index in [4.69, 9.17) is 4.74 Å². The molecule has 0 amide bonds. The number of carbonyl (C=O) groups is 1. The first kappa shape index (κ1) is 13.7. The molecule has 0 unspecified atom stereocenters. The zero-order valence-electron chi connectivity index (χ0n) is 10.5. The Morgan fingerprint density at radius 2 is 1.41 bits per heavy atom. The zero-order valence-corrected chi connectivity index (χ0v) is 10.5. The lowest BCUT2D eigenvalue weighted by Gasteiger charge is -2.24. The number of aliphatic hydroxyl groups is 2. The van der Waals surface area contributed by atoms with Crippen LogP contribution in [0.1, 0.15) is 38.8 Å². The average Bonchev–Trinajstić information content (AvgIpc) is 2.15. The maximum atomic E-state index is 10.3. The molecule has 0 aliphatic carbocycles. The molecule has 0 bridgehead atoms. The van der Waals surface area contributed by atoms with Gasteiger partial charge in [-0.2, -0.15) is 0 Å². The largest absolute Gasteiger partial charge is 0.429 e. The molecule has 4 heteroatoms. The molecule has 0 aliphatic heterocycles. The summed E-state index contributed by atoms with van der Waals surface area (Å²) in [6, 6.07) is 4.84. The van der Waals surface area contributed by atoms with Gasteiger partial charge in [0.2, 0.25) is 0 Å². The van der Waals surface area contributed by atoms with Gasteiger partial charge in [-0.15, -0.1) is 0 Å². The first-order valence-electron chi connectivity index (χ1n) is 5.35. The molecule has 0 radical (unpaired) electrons. The fourth-order valence-electron chi connectivity index (χ4n) is 1.43. The lowest BCUT2D eigenvalue weighted by atomic mass is 9.90. The smallest absolute Gasteiger partial charge is 0.298 e. The van der Waals surface area contributed by atoms with Crippen LogP contribution >= 0.6 is 0 Å². The molecule has 94 valence electrons. The topological polar surface area (TPSA) is 66.8 Å². The summed E-state index contributed by atoms with van der Waals surface area (Å²) in [4.78, 5) is 10.3. The van der Waals surface area contributed by atoms with Gasteiger partial charge in [-0.25, -0.2) is 0 Å². The predicted molar refractivity (Wildman–Crippen MR) is 63.6 cm³/mol. The molecule has 1 aromatic rings. The van der Waals surface area contributed by atoms with Crippen LogP contribution in [0, 0.1) is 0 Å². The molecular formula is C13H18O4. The number of rotatable bonds is 4. The second-order valence-corrected chi connectivity index (χ2v) is 5.08. The number of hydrogen-bond acceptors (Lipinski definition) is 4. The molecule has 17 heavy (non-hydrogen) atoms. The van der Waals surface area contributed by atoms with Crippen LogP contribution < -0.4 is 4.74 Å². The van der Waals surface area contributed by atoms with E-state index in [9.17, 15) is 15.0 Å². The molecule has 1 rings (SSSR count). The van der Waals surface area contributed by atoms with Crippen molar-refractivity contribution in [1.82, 2.24) is 0 Å². The van der Waals surface area contributed by atoms with Gasteiger partial charge in [0.25, 0.3) is 6.47 Å². The molecule has 0 aliphatic rings. The van der Waals surface area contributed by atoms with E-state index >= 15 is 0 Å². The van der Waals surface area contributed by atoms with Crippen LogP contribution in [0.2, 0.25) is 0 Å². The third-order valence-corrected chi connectivity index (χ3v) is 2.50. The fourth-order valence-corrected chi connectivity index (χ4v) is 1.43. The minimum Gasteiger partial charge on any atom is -0.429 e. The van der Waals surface area contributed by atoms with E-state index in [1.165, 1.54) is 0 Å². The molecule has 4 nitrogen and oxygen atoms in total. The standard InChI is InChI=1S/C13H18O4/c1-12(2,15)9-5-10(13(3,4)16)7-11(6-9)17-8-14/h5-8,15-16H,1-4H3. The summed E-state index contributed by atoms with van der Waals surface area (Å²) >= 11 is 0. The highest BCUT2D eigenvalue weighted by Gasteiger charge is 2.23. The number of ether oxygens (including phenoxy) is 1. The van der Waals surface area contributed by atoms with E-state index in [2.05, 4.69) is 0 Å². The molecule has 0 spiro atoms. The molecule has 2 N–H and O–H groups in total. The second kappa shape index (κ2) is 4.47. The Labute approximate surface area is 101 Å². The molecule has 0 heterocycles. The molecule has 0 fully saturated rings. The minimum absolute atomic E-state index is 0.303. The van der Waals surface area contributed by atoms with Crippen molar-refractivity contribution in [2.75, 3.05) is 0 Å². The summed E-state index contributed by atoms with van der Waals surface area (Å²) in [7, 11) is 0. The van der Waals surface area contributed by atoms with Crippen LogP contribution in [0.5, 0.6) is 5.75 Å². The summed E-state index contributed by atoms with van der Waals surface area (Å²) in [6.45, 7) is 6.82. The molecule has 1 aromatic carbocycles. The zero-order chi connectivity index (χ0) is 13.3. The predicted octanol–water partition coefficient (Wildman–Crippen LogP) is 1.68. The van der Waals surface area contributed by atoms with Gasteiger partial charge in [0.05, 0.1) is 11.2 Å². The Morgan fingerprint density at radius 3 is 1.71 bits per heavy atom. The summed E-state index contributed by atoms with van der Waals surface area (Å²) in [5, 5.41) is 19.9. The maximum Gasteiger partial charge on any atom is 0.298 e. The highest BCUT2D eigenvalue weighted by molar-refractivity contribution is 5.48. The van der Waals surface area contributed by atoms with Crippen molar-refractivity contribution < 1.29 is 19.7 Å². The monoisotopic (exact) mass is 238 g/mol. The van der Waals surface area contributed by atoms with Gasteiger partial charge in [0.15, 0.2) is 0 Å². The normalized spacial score (nSPS) is 12.4. The summed E-state index contributed by atoms with van der Waals surface area (Å²) < 4.78 is 4.77. The van der Waals surface area contributed by atoms with Crippen molar-refractivity contribution in [3.05, 3.63) is 29.3 Å². The van der Waals surface area contributed by atoms with Crippen LogP contribution in [0.15, 0.2) is 18.2 Å². The maximum absolute atomic E-state index is 10.3. The van der Waals surface area contributed by atoms with E-state index < -0.39 is 11.2 Å².